The molecule has 218 valence electrons. The Bertz CT molecular complexity index is 2840. The summed E-state index contributed by atoms with van der Waals surface area (Å²) in [7, 11) is 0. The van der Waals surface area contributed by atoms with Crippen LogP contribution in [0.1, 0.15) is 0 Å². The lowest BCUT2D eigenvalue weighted by Crippen LogP contribution is -1.92. The lowest BCUT2D eigenvalue weighted by Gasteiger charge is -2.20. The van der Waals surface area contributed by atoms with Crippen molar-refractivity contribution in [3.8, 4) is 33.4 Å². The molecule has 47 heavy (non-hydrogen) atoms. The first-order valence-corrected chi connectivity index (χ1v) is 17.0. The third-order valence-corrected chi connectivity index (χ3v) is 11.0. The molecule has 0 radical (unpaired) electrons. The average molecular weight is 613 g/mol. The van der Waals surface area contributed by atoms with E-state index in [1.165, 1.54) is 96.6 Å². The van der Waals surface area contributed by atoms with Crippen LogP contribution >= 0.6 is 11.3 Å². The first-order valence-electron chi connectivity index (χ1n) is 16.2. The molecule has 0 spiro atoms. The van der Waals surface area contributed by atoms with Crippen molar-refractivity contribution in [2.75, 3.05) is 0 Å². The van der Waals surface area contributed by atoms with Gasteiger partial charge in [-0.2, -0.15) is 0 Å². The first kappa shape index (κ1) is 26.5. The molecular weight excluding hydrogens is 585 g/mol. The Kier molecular flexibility index (Phi) is 5.85. The Morgan fingerprint density at radius 3 is 1.62 bits per heavy atom. The molecule has 1 heteroatoms. The standard InChI is InChI=1S/C46H28S/c1-2-10-29(11-3-1)33-21-24-42-40(27-33)41-28-35(22-25-43(41)47-42)44-37-16-8-9-17-38(37)45(34-19-18-30-12-4-5-14-32(30)26-34)46-36-15-7-6-13-31(36)20-23-39(44)46/h1-28H. The number of thiophene rings is 1. The monoisotopic (exact) mass is 612 g/mol. The SMILES string of the molecule is c1ccc(-c2ccc3sc4ccc(-c5c6ccccc6c(-c6ccc7ccccc7c6)c6c5ccc5ccccc56)cc4c3c2)cc1. The fourth-order valence-electron chi connectivity index (χ4n) is 7.65. The Balaban J connectivity index is 1.31. The average Bonchev–Trinajstić information content (AvgIpc) is 3.51. The van der Waals surface area contributed by atoms with Crippen molar-refractivity contribution >= 4 is 74.6 Å². The highest BCUT2D eigenvalue weighted by Crippen LogP contribution is 2.48. The van der Waals surface area contributed by atoms with E-state index in [1.807, 2.05) is 11.3 Å². The second kappa shape index (κ2) is 10.4. The summed E-state index contributed by atoms with van der Waals surface area (Å²) in [5.74, 6) is 0. The predicted octanol–water partition coefficient (Wildman–Crippen LogP) is 13.7. The van der Waals surface area contributed by atoms with Gasteiger partial charge in [0.1, 0.15) is 0 Å². The summed E-state index contributed by atoms with van der Waals surface area (Å²) in [5, 5.41) is 12.9. The van der Waals surface area contributed by atoms with Crippen molar-refractivity contribution in [2.45, 2.75) is 0 Å². The molecular formula is C46H28S. The molecule has 10 aromatic rings. The van der Waals surface area contributed by atoms with E-state index in [1.54, 1.807) is 0 Å². The second-order valence-electron chi connectivity index (χ2n) is 12.5. The van der Waals surface area contributed by atoms with Crippen molar-refractivity contribution in [3.05, 3.63) is 170 Å². The molecule has 0 aliphatic carbocycles. The van der Waals surface area contributed by atoms with Crippen LogP contribution in [0.15, 0.2) is 170 Å². The van der Waals surface area contributed by atoms with Gasteiger partial charge in [-0.3, -0.25) is 0 Å². The minimum absolute atomic E-state index is 1.25. The van der Waals surface area contributed by atoms with Crippen LogP contribution in [0.4, 0.5) is 0 Å². The Morgan fingerprint density at radius 2 is 0.830 bits per heavy atom. The van der Waals surface area contributed by atoms with Crippen LogP contribution in [0.5, 0.6) is 0 Å². The van der Waals surface area contributed by atoms with Crippen LogP contribution in [0.25, 0.3) is 96.6 Å². The highest BCUT2D eigenvalue weighted by atomic mass is 32.1. The molecule has 0 N–H and O–H groups in total. The van der Waals surface area contributed by atoms with Gasteiger partial charge in [-0.1, -0.05) is 140 Å². The number of benzene rings is 9. The van der Waals surface area contributed by atoms with Crippen LogP contribution < -0.4 is 0 Å². The minimum atomic E-state index is 1.25. The van der Waals surface area contributed by atoms with Crippen LogP contribution in [-0.4, -0.2) is 0 Å². The predicted molar refractivity (Wildman–Crippen MR) is 206 cm³/mol. The van der Waals surface area contributed by atoms with E-state index in [9.17, 15) is 0 Å². The van der Waals surface area contributed by atoms with E-state index in [4.69, 9.17) is 0 Å². The molecule has 0 saturated heterocycles. The molecule has 0 unspecified atom stereocenters. The Morgan fingerprint density at radius 1 is 0.277 bits per heavy atom. The molecule has 0 atom stereocenters. The van der Waals surface area contributed by atoms with E-state index in [2.05, 4.69) is 170 Å². The summed E-state index contributed by atoms with van der Waals surface area (Å²) in [6.07, 6.45) is 0. The van der Waals surface area contributed by atoms with Crippen molar-refractivity contribution in [2.24, 2.45) is 0 Å². The third-order valence-electron chi connectivity index (χ3n) is 9.82. The summed E-state index contributed by atoms with van der Waals surface area (Å²) in [6, 6.07) is 62.8. The van der Waals surface area contributed by atoms with Gasteiger partial charge in [-0.15, -0.1) is 11.3 Å². The highest BCUT2D eigenvalue weighted by Gasteiger charge is 2.19. The molecule has 0 nitrogen and oxygen atoms in total. The summed E-state index contributed by atoms with van der Waals surface area (Å²) < 4.78 is 2.64. The molecule has 1 heterocycles. The largest absolute Gasteiger partial charge is 0.135 e. The summed E-state index contributed by atoms with van der Waals surface area (Å²) in [4.78, 5) is 0. The van der Waals surface area contributed by atoms with E-state index >= 15 is 0 Å². The summed E-state index contributed by atoms with van der Waals surface area (Å²) >= 11 is 1.88. The number of fused-ring (bicyclic) bond motifs is 8. The molecule has 9 aromatic carbocycles. The van der Waals surface area contributed by atoms with Gasteiger partial charge in [-0.25, -0.2) is 0 Å². The molecule has 0 aliphatic rings. The Labute approximate surface area is 276 Å². The quantitative estimate of drug-likeness (QED) is 0.138. The van der Waals surface area contributed by atoms with Crippen LogP contribution in [-0.2, 0) is 0 Å². The normalized spacial score (nSPS) is 11.8. The zero-order valence-corrected chi connectivity index (χ0v) is 26.4. The van der Waals surface area contributed by atoms with Crippen LogP contribution in [0.2, 0.25) is 0 Å². The van der Waals surface area contributed by atoms with Gasteiger partial charge in [0.2, 0.25) is 0 Å². The molecule has 0 bridgehead atoms. The summed E-state index contributed by atoms with van der Waals surface area (Å²) in [5.41, 5.74) is 7.61. The molecule has 0 fully saturated rings. The lowest BCUT2D eigenvalue weighted by molar-refractivity contribution is 1.66. The van der Waals surface area contributed by atoms with Gasteiger partial charge in [-0.05, 0) is 107 Å². The van der Waals surface area contributed by atoms with E-state index in [0.717, 1.165) is 0 Å². The van der Waals surface area contributed by atoms with Gasteiger partial charge in [0, 0.05) is 20.2 Å². The van der Waals surface area contributed by atoms with E-state index in [0.29, 0.717) is 0 Å². The van der Waals surface area contributed by atoms with Crippen molar-refractivity contribution in [3.63, 3.8) is 0 Å². The van der Waals surface area contributed by atoms with Gasteiger partial charge >= 0.3 is 0 Å². The molecule has 10 rings (SSSR count). The van der Waals surface area contributed by atoms with Gasteiger partial charge in [0.05, 0.1) is 0 Å². The molecule has 0 amide bonds. The van der Waals surface area contributed by atoms with Gasteiger partial charge < -0.3 is 0 Å². The molecule has 0 aliphatic heterocycles. The number of rotatable bonds is 3. The van der Waals surface area contributed by atoms with Crippen molar-refractivity contribution in [1.29, 1.82) is 0 Å². The van der Waals surface area contributed by atoms with E-state index < -0.39 is 0 Å². The van der Waals surface area contributed by atoms with Crippen molar-refractivity contribution in [1.82, 2.24) is 0 Å². The second-order valence-corrected chi connectivity index (χ2v) is 13.5. The maximum Gasteiger partial charge on any atom is 0.0355 e. The van der Waals surface area contributed by atoms with E-state index in [-0.39, 0.29) is 0 Å². The van der Waals surface area contributed by atoms with Crippen molar-refractivity contribution < 1.29 is 0 Å². The zero-order valence-electron chi connectivity index (χ0n) is 25.6. The fourth-order valence-corrected chi connectivity index (χ4v) is 8.71. The molecule has 0 saturated carbocycles. The van der Waals surface area contributed by atoms with Gasteiger partial charge in [0.25, 0.3) is 0 Å². The lowest BCUT2D eigenvalue weighted by atomic mass is 9.83. The van der Waals surface area contributed by atoms with Crippen LogP contribution in [0.3, 0.4) is 0 Å². The zero-order chi connectivity index (χ0) is 30.9. The smallest absolute Gasteiger partial charge is 0.0355 e. The maximum absolute atomic E-state index is 2.44. The number of hydrogen-bond donors (Lipinski definition) is 0. The summed E-state index contributed by atoms with van der Waals surface area (Å²) in [6.45, 7) is 0. The van der Waals surface area contributed by atoms with Crippen LogP contribution in [0, 0.1) is 0 Å². The highest BCUT2D eigenvalue weighted by molar-refractivity contribution is 7.25. The van der Waals surface area contributed by atoms with Gasteiger partial charge in [0.15, 0.2) is 0 Å². The Hall–Kier alpha value is -5.76. The first-order chi connectivity index (χ1) is 23.3. The third kappa shape index (κ3) is 4.14. The topological polar surface area (TPSA) is 0 Å². The maximum atomic E-state index is 2.44. The number of hydrogen-bond acceptors (Lipinski definition) is 1. The fraction of sp³-hybridized carbons (Fsp3) is 0. The minimum Gasteiger partial charge on any atom is -0.135 e. The molecule has 1 aromatic heterocycles.